The van der Waals surface area contributed by atoms with Gasteiger partial charge in [-0.05, 0) is 47.3 Å². The molecule has 1 aliphatic heterocycles. The maximum Gasteiger partial charge on any atom is 0.271 e. The summed E-state index contributed by atoms with van der Waals surface area (Å²) in [5.74, 6) is -2.80. The minimum Gasteiger partial charge on any atom is -0.301 e. The maximum atomic E-state index is 12.8. The molecular formula is C22H16N4O3S. The second-order valence-corrected chi connectivity index (χ2v) is 6.95. The molecule has 1 fully saturated rings. The molecule has 30 heavy (non-hydrogen) atoms. The second-order valence-electron chi connectivity index (χ2n) is 6.56. The second kappa shape index (κ2) is 8.22. The lowest BCUT2D eigenvalue weighted by Gasteiger charge is -2.30. The van der Waals surface area contributed by atoms with Crippen LogP contribution in [0, 0.1) is 5.92 Å². The summed E-state index contributed by atoms with van der Waals surface area (Å²) in [4.78, 5) is 38.7. The molecule has 0 radical (unpaired) electrons. The highest BCUT2D eigenvalue weighted by molar-refractivity contribution is 7.80. The Morgan fingerprint density at radius 2 is 1.70 bits per heavy atom. The fraction of sp³-hybridized carbons (Fsp3) is 0.0455. The number of nitrogens with zero attached hydrogens (tertiary/aromatic N) is 2. The molecule has 1 heterocycles. The van der Waals surface area contributed by atoms with Gasteiger partial charge in [0.1, 0.15) is 0 Å². The van der Waals surface area contributed by atoms with Crippen LogP contribution in [0.5, 0.6) is 0 Å². The van der Waals surface area contributed by atoms with E-state index in [1.165, 1.54) is 4.90 Å². The topological polar surface area (TPSA) is 90.9 Å². The minimum atomic E-state index is -1.21. The number of amides is 3. The van der Waals surface area contributed by atoms with Gasteiger partial charge in [0.2, 0.25) is 5.91 Å². The van der Waals surface area contributed by atoms with Crippen molar-refractivity contribution in [1.82, 2.24) is 10.7 Å². The Morgan fingerprint density at radius 3 is 2.47 bits per heavy atom. The molecule has 1 atom stereocenters. The Hall–Kier alpha value is -3.91. The monoisotopic (exact) mass is 416 g/mol. The number of fused-ring (bicyclic) bond motifs is 1. The summed E-state index contributed by atoms with van der Waals surface area (Å²) in [6.07, 6.45) is 1.11. The summed E-state index contributed by atoms with van der Waals surface area (Å²) < 4.78 is 0. The first-order chi connectivity index (χ1) is 14.5. The molecule has 148 valence electrons. The van der Waals surface area contributed by atoms with Gasteiger partial charge in [0.05, 0.1) is 5.69 Å². The van der Waals surface area contributed by atoms with E-state index >= 15 is 0 Å². The van der Waals surface area contributed by atoms with E-state index in [0.717, 1.165) is 17.0 Å². The van der Waals surface area contributed by atoms with Crippen molar-refractivity contribution in [3.05, 3.63) is 78.4 Å². The van der Waals surface area contributed by atoms with Crippen molar-refractivity contribution in [2.45, 2.75) is 0 Å². The van der Waals surface area contributed by atoms with Gasteiger partial charge in [-0.15, -0.1) is 0 Å². The molecule has 3 amide bonds. The van der Waals surface area contributed by atoms with Gasteiger partial charge in [-0.2, -0.15) is 5.10 Å². The maximum absolute atomic E-state index is 12.8. The standard InChI is InChI=1S/C22H16N4O3S/c27-19(16-11-10-14-6-4-5-7-15(14)12-16)25-23-13-18-20(28)24-22(30)26(21(18)29)17-8-2-1-3-9-17/h1-13,18H,(H,25,27)(H,24,28,30)/b23-13-/t18-/m0/s1. The van der Waals surface area contributed by atoms with Gasteiger partial charge in [-0.25, -0.2) is 5.43 Å². The molecule has 7 nitrogen and oxygen atoms in total. The average molecular weight is 416 g/mol. The van der Waals surface area contributed by atoms with Crippen molar-refractivity contribution in [3.8, 4) is 0 Å². The molecule has 0 spiro atoms. The van der Waals surface area contributed by atoms with Gasteiger partial charge in [0.15, 0.2) is 11.0 Å². The third kappa shape index (κ3) is 3.81. The molecule has 1 aliphatic rings. The van der Waals surface area contributed by atoms with Crippen LogP contribution in [-0.2, 0) is 9.59 Å². The average Bonchev–Trinajstić information content (AvgIpc) is 2.76. The van der Waals surface area contributed by atoms with Gasteiger partial charge in [0, 0.05) is 11.8 Å². The fourth-order valence-electron chi connectivity index (χ4n) is 3.11. The molecule has 0 unspecified atom stereocenters. The fourth-order valence-corrected chi connectivity index (χ4v) is 3.40. The summed E-state index contributed by atoms with van der Waals surface area (Å²) >= 11 is 5.13. The number of hydrogen-bond acceptors (Lipinski definition) is 5. The van der Waals surface area contributed by atoms with Gasteiger partial charge >= 0.3 is 0 Å². The van der Waals surface area contributed by atoms with E-state index in [0.29, 0.717) is 11.3 Å². The van der Waals surface area contributed by atoms with Gasteiger partial charge in [-0.3, -0.25) is 19.3 Å². The van der Waals surface area contributed by atoms with Crippen molar-refractivity contribution in [2.24, 2.45) is 11.0 Å². The van der Waals surface area contributed by atoms with Crippen LogP contribution in [0.4, 0.5) is 5.69 Å². The molecule has 3 aromatic rings. The van der Waals surface area contributed by atoms with Crippen molar-refractivity contribution in [1.29, 1.82) is 0 Å². The van der Waals surface area contributed by atoms with Crippen molar-refractivity contribution in [2.75, 3.05) is 4.90 Å². The van der Waals surface area contributed by atoms with Gasteiger partial charge < -0.3 is 5.32 Å². The summed E-state index contributed by atoms with van der Waals surface area (Å²) in [7, 11) is 0. The molecule has 2 N–H and O–H groups in total. The van der Waals surface area contributed by atoms with Crippen LogP contribution in [0.25, 0.3) is 10.8 Å². The molecule has 0 saturated carbocycles. The first kappa shape index (κ1) is 19.4. The Balaban J connectivity index is 1.49. The smallest absolute Gasteiger partial charge is 0.271 e. The molecule has 8 heteroatoms. The third-order valence-electron chi connectivity index (χ3n) is 4.62. The van der Waals surface area contributed by atoms with E-state index < -0.39 is 23.6 Å². The van der Waals surface area contributed by atoms with Gasteiger partial charge in [-0.1, -0.05) is 48.5 Å². The zero-order valence-electron chi connectivity index (χ0n) is 15.6. The van der Waals surface area contributed by atoms with Crippen molar-refractivity contribution in [3.63, 3.8) is 0 Å². The number of carbonyl (C=O) groups excluding carboxylic acids is 3. The summed E-state index contributed by atoms with van der Waals surface area (Å²) in [5, 5.41) is 8.25. The van der Waals surface area contributed by atoms with E-state index in [9.17, 15) is 14.4 Å². The number of thiocarbonyl (C=S) groups is 1. The molecular weight excluding hydrogens is 400 g/mol. The number of hydrogen-bond donors (Lipinski definition) is 2. The van der Waals surface area contributed by atoms with Crippen LogP contribution in [0.1, 0.15) is 10.4 Å². The Labute approximate surface area is 177 Å². The number of para-hydroxylation sites is 1. The predicted molar refractivity (Wildman–Crippen MR) is 118 cm³/mol. The van der Waals surface area contributed by atoms with E-state index in [1.54, 1.807) is 42.5 Å². The molecule has 3 aromatic carbocycles. The van der Waals surface area contributed by atoms with E-state index in [2.05, 4.69) is 15.8 Å². The number of carbonyl (C=O) groups is 3. The molecule has 1 saturated heterocycles. The molecule has 0 bridgehead atoms. The highest BCUT2D eigenvalue weighted by Gasteiger charge is 2.38. The van der Waals surface area contributed by atoms with E-state index in [4.69, 9.17) is 12.2 Å². The summed E-state index contributed by atoms with van der Waals surface area (Å²) in [6, 6.07) is 21.7. The lowest BCUT2D eigenvalue weighted by atomic mass is 10.1. The van der Waals surface area contributed by atoms with Crippen molar-refractivity contribution >= 4 is 57.7 Å². The lowest BCUT2D eigenvalue weighted by Crippen LogP contribution is -2.58. The quantitative estimate of drug-likeness (QED) is 0.296. The number of nitrogens with one attached hydrogen (secondary N) is 2. The first-order valence-corrected chi connectivity index (χ1v) is 9.51. The lowest BCUT2D eigenvalue weighted by molar-refractivity contribution is -0.130. The van der Waals surface area contributed by atoms with Crippen LogP contribution in [0.15, 0.2) is 77.9 Å². The SMILES string of the molecule is O=C(N/N=C\[C@H]1C(=O)NC(=S)N(c2ccccc2)C1=O)c1ccc2ccccc2c1. The number of hydrazone groups is 1. The highest BCUT2D eigenvalue weighted by atomic mass is 32.1. The van der Waals surface area contributed by atoms with Crippen LogP contribution < -0.4 is 15.6 Å². The summed E-state index contributed by atoms with van der Waals surface area (Å²) in [5.41, 5.74) is 3.31. The molecule has 0 aromatic heterocycles. The zero-order valence-corrected chi connectivity index (χ0v) is 16.4. The van der Waals surface area contributed by atoms with E-state index in [-0.39, 0.29) is 5.11 Å². The third-order valence-corrected chi connectivity index (χ3v) is 4.90. The number of rotatable bonds is 4. The highest BCUT2D eigenvalue weighted by Crippen LogP contribution is 2.20. The Morgan fingerprint density at radius 1 is 1.00 bits per heavy atom. The van der Waals surface area contributed by atoms with E-state index in [1.807, 2.05) is 30.3 Å². The first-order valence-electron chi connectivity index (χ1n) is 9.11. The van der Waals surface area contributed by atoms with Crippen LogP contribution in [-0.4, -0.2) is 29.0 Å². The molecule has 0 aliphatic carbocycles. The minimum absolute atomic E-state index is 0.000972. The van der Waals surface area contributed by atoms with Gasteiger partial charge in [0.25, 0.3) is 11.8 Å². The zero-order chi connectivity index (χ0) is 21.1. The predicted octanol–water partition coefficient (Wildman–Crippen LogP) is 2.62. The largest absolute Gasteiger partial charge is 0.301 e. The van der Waals surface area contributed by atoms with Crippen LogP contribution >= 0.6 is 12.2 Å². The summed E-state index contributed by atoms with van der Waals surface area (Å²) in [6.45, 7) is 0. The van der Waals surface area contributed by atoms with Crippen molar-refractivity contribution < 1.29 is 14.4 Å². The molecule has 4 rings (SSSR count). The normalized spacial score (nSPS) is 16.7. The number of benzene rings is 3. The Bertz CT molecular complexity index is 1190. The Kier molecular flexibility index (Phi) is 5.32. The van der Waals surface area contributed by atoms with Crippen LogP contribution in [0.2, 0.25) is 0 Å². The van der Waals surface area contributed by atoms with Crippen LogP contribution in [0.3, 0.4) is 0 Å². The number of anilines is 1.